The van der Waals surface area contributed by atoms with Gasteiger partial charge in [0.15, 0.2) is 6.34 Å². The first-order valence-corrected chi connectivity index (χ1v) is 2.83. The van der Waals surface area contributed by atoms with Crippen LogP contribution in [0.3, 0.4) is 0 Å². The van der Waals surface area contributed by atoms with E-state index < -0.39 is 0 Å². The molecular formula is C5H6N6. The maximum absolute atomic E-state index is 4.77. The van der Waals surface area contributed by atoms with Crippen LogP contribution in [-0.4, -0.2) is 16.3 Å². The number of aromatic nitrogens is 2. The molecule has 0 atom stereocenters. The van der Waals surface area contributed by atoms with Gasteiger partial charge in [0.25, 0.3) is 5.95 Å². The minimum Gasteiger partial charge on any atom is -0.322 e. The second kappa shape index (κ2) is 4.04. The molecule has 1 aromatic rings. The molecule has 1 rings (SSSR count). The zero-order valence-corrected chi connectivity index (χ0v) is 5.62. The quantitative estimate of drug-likeness (QED) is 0.218. The van der Waals surface area contributed by atoms with Crippen LogP contribution in [0.2, 0.25) is 0 Å². The largest absolute Gasteiger partial charge is 0.322 e. The summed E-state index contributed by atoms with van der Waals surface area (Å²) in [7, 11) is 0. The first kappa shape index (κ1) is 7.26. The number of nitrogens with zero attached hydrogens (tertiary/aromatic N) is 5. The number of nitrogens with two attached hydrogens (primary N) is 1. The van der Waals surface area contributed by atoms with Crippen LogP contribution in [0.5, 0.6) is 0 Å². The Balaban J connectivity index is 2.64. The SMILES string of the molecule is NN=CN=Nc1ncccn1. The third-order valence-electron chi connectivity index (χ3n) is 0.818. The predicted molar refractivity (Wildman–Crippen MR) is 39.2 cm³/mol. The van der Waals surface area contributed by atoms with Gasteiger partial charge in [0.2, 0.25) is 0 Å². The zero-order valence-electron chi connectivity index (χ0n) is 5.62. The van der Waals surface area contributed by atoms with Gasteiger partial charge in [-0.3, -0.25) is 0 Å². The van der Waals surface area contributed by atoms with Crippen molar-refractivity contribution in [3.63, 3.8) is 0 Å². The molecule has 2 N–H and O–H groups in total. The molecule has 0 saturated heterocycles. The molecule has 0 aliphatic heterocycles. The van der Waals surface area contributed by atoms with E-state index in [-0.39, 0.29) is 5.95 Å². The van der Waals surface area contributed by atoms with Crippen LogP contribution in [-0.2, 0) is 0 Å². The third-order valence-corrected chi connectivity index (χ3v) is 0.818. The molecule has 1 heterocycles. The Morgan fingerprint density at radius 1 is 1.36 bits per heavy atom. The molecule has 11 heavy (non-hydrogen) atoms. The van der Waals surface area contributed by atoms with Crippen LogP contribution >= 0.6 is 0 Å². The van der Waals surface area contributed by atoms with Gasteiger partial charge in [-0.25, -0.2) is 9.97 Å². The van der Waals surface area contributed by atoms with E-state index in [9.17, 15) is 0 Å². The Hall–Kier alpha value is -1.85. The second-order valence-corrected chi connectivity index (χ2v) is 1.53. The number of hydrogen-bond acceptors (Lipinski definition) is 5. The predicted octanol–water partition coefficient (Wildman–Crippen LogP) is 0.462. The highest BCUT2D eigenvalue weighted by molar-refractivity contribution is 5.54. The molecular weight excluding hydrogens is 144 g/mol. The fourth-order valence-electron chi connectivity index (χ4n) is 0.450. The number of azo groups is 1. The van der Waals surface area contributed by atoms with Crippen molar-refractivity contribution < 1.29 is 0 Å². The Bertz CT molecular complexity index is 253. The molecule has 0 saturated carbocycles. The molecule has 0 amide bonds. The Labute approximate surface area is 62.9 Å². The summed E-state index contributed by atoms with van der Waals surface area (Å²) in [6.45, 7) is 0. The van der Waals surface area contributed by atoms with Gasteiger partial charge in [-0.05, 0) is 6.07 Å². The zero-order chi connectivity index (χ0) is 7.94. The molecule has 1 aromatic heterocycles. The lowest BCUT2D eigenvalue weighted by Gasteiger charge is -1.83. The van der Waals surface area contributed by atoms with Crippen molar-refractivity contribution >= 4 is 12.3 Å². The van der Waals surface area contributed by atoms with E-state index in [1.165, 1.54) is 0 Å². The highest BCUT2D eigenvalue weighted by Gasteiger charge is 1.84. The van der Waals surface area contributed by atoms with Crippen LogP contribution in [0.4, 0.5) is 5.95 Å². The van der Waals surface area contributed by atoms with Gasteiger partial charge in [0.1, 0.15) is 0 Å². The lowest BCUT2D eigenvalue weighted by Crippen LogP contribution is -1.79. The van der Waals surface area contributed by atoms with E-state index in [0.717, 1.165) is 6.34 Å². The monoisotopic (exact) mass is 150 g/mol. The van der Waals surface area contributed by atoms with Crippen molar-refractivity contribution in [3.05, 3.63) is 18.5 Å². The summed E-state index contributed by atoms with van der Waals surface area (Å²) in [5.41, 5.74) is 0. The summed E-state index contributed by atoms with van der Waals surface area (Å²) in [6.07, 6.45) is 4.25. The van der Waals surface area contributed by atoms with Gasteiger partial charge in [-0.1, -0.05) is 0 Å². The van der Waals surface area contributed by atoms with Crippen molar-refractivity contribution in [2.75, 3.05) is 0 Å². The topological polar surface area (TPSA) is 88.9 Å². The molecule has 0 bridgehead atoms. The van der Waals surface area contributed by atoms with Gasteiger partial charge >= 0.3 is 0 Å². The fourth-order valence-corrected chi connectivity index (χ4v) is 0.450. The molecule has 0 fully saturated rings. The van der Waals surface area contributed by atoms with E-state index in [0.29, 0.717) is 0 Å². The van der Waals surface area contributed by atoms with Crippen LogP contribution in [0.25, 0.3) is 0 Å². The molecule has 0 unspecified atom stereocenters. The third kappa shape index (κ3) is 2.48. The minimum absolute atomic E-state index is 0.285. The number of hydrazone groups is 1. The Morgan fingerprint density at radius 2 is 2.09 bits per heavy atom. The highest BCUT2D eigenvalue weighted by Crippen LogP contribution is 1.98. The van der Waals surface area contributed by atoms with Gasteiger partial charge < -0.3 is 5.84 Å². The number of rotatable bonds is 2. The fraction of sp³-hybridized carbons (Fsp3) is 0. The number of hydrogen-bond donors (Lipinski definition) is 1. The standard InChI is InChI=1S/C5H6N6/c6-9-4-10-11-5-7-2-1-3-8-5/h1-4H,6H2. The average molecular weight is 150 g/mol. The molecule has 6 heteroatoms. The van der Waals surface area contributed by atoms with E-state index in [4.69, 9.17) is 5.84 Å². The second-order valence-electron chi connectivity index (χ2n) is 1.53. The molecule has 6 nitrogen and oxygen atoms in total. The maximum atomic E-state index is 4.77. The van der Waals surface area contributed by atoms with Crippen molar-refractivity contribution in [1.82, 2.24) is 9.97 Å². The first-order valence-electron chi connectivity index (χ1n) is 2.83. The normalized spacial score (nSPS) is 11.3. The molecule has 0 aromatic carbocycles. The summed E-state index contributed by atoms with van der Waals surface area (Å²) in [4.78, 5) is 7.55. The molecule has 0 aliphatic rings. The highest BCUT2D eigenvalue weighted by atomic mass is 15.2. The van der Waals surface area contributed by atoms with Crippen LogP contribution in [0, 0.1) is 0 Å². The lowest BCUT2D eigenvalue weighted by molar-refractivity contribution is 1.08. The van der Waals surface area contributed by atoms with Crippen molar-refractivity contribution in [3.8, 4) is 0 Å². The van der Waals surface area contributed by atoms with Crippen molar-refractivity contribution in [1.29, 1.82) is 0 Å². The van der Waals surface area contributed by atoms with Crippen molar-refractivity contribution in [2.45, 2.75) is 0 Å². The van der Waals surface area contributed by atoms with Gasteiger partial charge in [-0.2, -0.15) is 5.10 Å². The van der Waals surface area contributed by atoms with Gasteiger partial charge in [-0.15, -0.1) is 10.2 Å². The van der Waals surface area contributed by atoms with E-state index in [2.05, 4.69) is 25.3 Å². The summed E-state index contributed by atoms with van der Waals surface area (Å²) < 4.78 is 0. The average Bonchev–Trinajstić information content (AvgIpc) is 2.07. The molecule has 0 radical (unpaired) electrons. The van der Waals surface area contributed by atoms with Crippen LogP contribution in [0.1, 0.15) is 0 Å². The molecule has 0 aliphatic carbocycles. The first-order chi connectivity index (χ1) is 5.43. The molecule has 0 spiro atoms. The van der Waals surface area contributed by atoms with E-state index in [1.807, 2.05) is 0 Å². The Morgan fingerprint density at radius 3 is 2.73 bits per heavy atom. The van der Waals surface area contributed by atoms with E-state index >= 15 is 0 Å². The summed E-state index contributed by atoms with van der Waals surface area (Å²) in [5, 5.41) is 10.1. The lowest BCUT2D eigenvalue weighted by atomic mass is 10.7. The van der Waals surface area contributed by atoms with Crippen molar-refractivity contribution in [2.24, 2.45) is 21.2 Å². The Kier molecular flexibility index (Phi) is 2.67. The summed E-state index contributed by atoms with van der Waals surface area (Å²) in [5.74, 6) is 5.05. The van der Waals surface area contributed by atoms with Crippen LogP contribution in [0.15, 0.2) is 33.8 Å². The summed E-state index contributed by atoms with van der Waals surface area (Å²) in [6, 6.07) is 1.69. The van der Waals surface area contributed by atoms with Gasteiger partial charge in [0.05, 0.1) is 0 Å². The smallest absolute Gasteiger partial charge is 0.268 e. The summed E-state index contributed by atoms with van der Waals surface area (Å²) >= 11 is 0. The minimum atomic E-state index is 0.285. The van der Waals surface area contributed by atoms with Gasteiger partial charge in [0, 0.05) is 12.4 Å². The van der Waals surface area contributed by atoms with Crippen LogP contribution < -0.4 is 5.84 Å². The maximum Gasteiger partial charge on any atom is 0.268 e. The van der Waals surface area contributed by atoms with E-state index in [1.54, 1.807) is 18.5 Å². The molecule has 56 valence electrons.